The zero-order chi connectivity index (χ0) is 15.3. The first kappa shape index (κ1) is 19.0. The molecule has 0 N–H and O–H groups in total. The van der Waals surface area contributed by atoms with Gasteiger partial charge in [0.15, 0.2) is 0 Å². The van der Waals surface area contributed by atoms with Crippen LogP contribution >= 0.6 is 0 Å². The molecule has 1 aliphatic rings. The Hall–Kier alpha value is -0.0400. The van der Waals surface area contributed by atoms with E-state index >= 15 is 0 Å². The number of ether oxygens (including phenoxy) is 1. The van der Waals surface area contributed by atoms with E-state index in [1.165, 1.54) is 89.9 Å². The first-order valence-electron chi connectivity index (χ1n) is 9.89. The monoisotopic (exact) mass is 296 g/mol. The number of hydrogen-bond donors (Lipinski definition) is 0. The predicted molar refractivity (Wildman–Crippen MR) is 93.8 cm³/mol. The van der Waals surface area contributed by atoms with E-state index in [0.717, 1.165) is 5.92 Å². The van der Waals surface area contributed by atoms with Gasteiger partial charge >= 0.3 is 0 Å². The Morgan fingerprint density at radius 3 is 1.67 bits per heavy atom. The van der Waals surface area contributed by atoms with E-state index in [2.05, 4.69) is 20.8 Å². The molecular weight excluding hydrogens is 256 g/mol. The molecule has 0 aromatic rings. The van der Waals surface area contributed by atoms with E-state index in [9.17, 15) is 0 Å². The van der Waals surface area contributed by atoms with Gasteiger partial charge in [0.1, 0.15) is 0 Å². The summed E-state index contributed by atoms with van der Waals surface area (Å²) in [7, 11) is 0. The van der Waals surface area contributed by atoms with E-state index in [4.69, 9.17) is 4.74 Å². The van der Waals surface area contributed by atoms with Crippen LogP contribution in [0.1, 0.15) is 111 Å². The van der Waals surface area contributed by atoms with Gasteiger partial charge in [0.05, 0.1) is 12.2 Å². The van der Waals surface area contributed by atoms with Crippen molar-refractivity contribution < 1.29 is 4.74 Å². The predicted octanol–water partition coefficient (Wildman–Crippen LogP) is 6.89. The minimum Gasteiger partial charge on any atom is -0.370 e. The summed E-state index contributed by atoms with van der Waals surface area (Å²) in [6.45, 7) is 6.93. The maximum atomic E-state index is 5.80. The zero-order valence-corrected chi connectivity index (χ0v) is 15.0. The Morgan fingerprint density at radius 2 is 1.14 bits per heavy atom. The van der Waals surface area contributed by atoms with Crippen LogP contribution in [0.2, 0.25) is 0 Å². The van der Waals surface area contributed by atoms with Crippen LogP contribution in [0.15, 0.2) is 0 Å². The zero-order valence-electron chi connectivity index (χ0n) is 15.0. The van der Waals surface area contributed by atoms with E-state index in [1.54, 1.807) is 0 Å². The maximum absolute atomic E-state index is 5.80. The van der Waals surface area contributed by atoms with Crippen molar-refractivity contribution in [3.8, 4) is 0 Å². The highest BCUT2D eigenvalue weighted by atomic mass is 16.6. The van der Waals surface area contributed by atoms with Gasteiger partial charge in [-0.15, -0.1) is 0 Å². The molecule has 1 heteroatoms. The Morgan fingerprint density at radius 1 is 0.667 bits per heavy atom. The highest BCUT2D eigenvalue weighted by Crippen LogP contribution is 2.31. The molecule has 126 valence electrons. The number of hydrogen-bond acceptors (Lipinski definition) is 1. The molecule has 21 heavy (non-hydrogen) atoms. The van der Waals surface area contributed by atoms with Gasteiger partial charge in [0.25, 0.3) is 0 Å². The average Bonchev–Trinajstić information content (AvgIpc) is 3.20. The molecule has 0 radical (unpaired) electrons. The van der Waals surface area contributed by atoms with Crippen molar-refractivity contribution in [3.63, 3.8) is 0 Å². The topological polar surface area (TPSA) is 12.5 Å². The average molecular weight is 297 g/mol. The van der Waals surface area contributed by atoms with Crippen LogP contribution in [0.5, 0.6) is 0 Å². The molecule has 1 rings (SSSR count). The van der Waals surface area contributed by atoms with Crippen LogP contribution in [-0.4, -0.2) is 12.2 Å². The smallest absolute Gasteiger partial charge is 0.0841 e. The van der Waals surface area contributed by atoms with E-state index in [-0.39, 0.29) is 0 Å². The summed E-state index contributed by atoms with van der Waals surface area (Å²) in [6.07, 6.45) is 20.9. The van der Waals surface area contributed by atoms with Gasteiger partial charge in [-0.3, -0.25) is 0 Å². The molecular formula is C20H40O. The lowest BCUT2D eigenvalue weighted by molar-refractivity contribution is 0.346. The Balaban J connectivity index is 1.75. The van der Waals surface area contributed by atoms with E-state index in [0.29, 0.717) is 12.2 Å². The highest BCUT2D eigenvalue weighted by Gasteiger charge is 2.36. The standard InChI is InChI=1S/C20H40O/c1-4-5-6-7-8-9-10-11-12-16-19-20(21-19)17-14-13-15-18(2)3/h18-20H,4-17H2,1-3H3/t19-,20+/m0/s1. The van der Waals surface area contributed by atoms with Gasteiger partial charge < -0.3 is 4.74 Å². The maximum Gasteiger partial charge on any atom is 0.0841 e. The van der Waals surface area contributed by atoms with Crippen LogP contribution in [0.25, 0.3) is 0 Å². The molecule has 1 fully saturated rings. The second kappa shape index (κ2) is 12.5. The molecule has 1 aliphatic heterocycles. The molecule has 1 heterocycles. The van der Waals surface area contributed by atoms with Crippen molar-refractivity contribution in [1.82, 2.24) is 0 Å². The van der Waals surface area contributed by atoms with Crippen LogP contribution in [0.4, 0.5) is 0 Å². The first-order valence-corrected chi connectivity index (χ1v) is 9.89. The third-order valence-electron chi connectivity index (χ3n) is 4.80. The summed E-state index contributed by atoms with van der Waals surface area (Å²) in [5.74, 6) is 0.864. The number of epoxide rings is 1. The lowest BCUT2D eigenvalue weighted by Gasteiger charge is -2.02. The first-order chi connectivity index (χ1) is 10.2. The quantitative estimate of drug-likeness (QED) is 0.237. The highest BCUT2D eigenvalue weighted by molar-refractivity contribution is 4.84. The van der Waals surface area contributed by atoms with Crippen LogP contribution < -0.4 is 0 Å². The Labute approximate surface area is 134 Å². The number of rotatable bonds is 15. The molecule has 1 saturated heterocycles. The fourth-order valence-electron chi connectivity index (χ4n) is 3.24. The van der Waals surface area contributed by atoms with Crippen LogP contribution in [0, 0.1) is 5.92 Å². The molecule has 0 amide bonds. The van der Waals surface area contributed by atoms with E-state index in [1.807, 2.05) is 0 Å². The van der Waals surface area contributed by atoms with Crippen molar-refractivity contribution in [3.05, 3.63) is 0 Å². The minimum atomic E-state index is 0.631. The molecule has 0 saturated carbocycles. The summed E-state index contributed by atoms with van der Waals surface area (Å²) in [5.41, 5.74) is 0. The molecule has 2 atom stereocenters. The second-order valence-corrected chi connectivity index (χ2v) is 7.51. The third kappa shape index (κ3) is 11.2. The molecule has 0 unspecified atom stereocenters. The van der Waals surface area contributed by atoms with Gasteiger partial charge in [-0.25, -0.2) is 0 Å². The lowest BCUT2D eigenvalue weighted by Crippen LogP contribution is -1.95. The van der Waals surface area contributed by atoms with Crippen LogP contribution in [0.3, 0.4) is 0 Å². The third-order valence-corrected chi connectivity index (χ3v) is 4.80. The van der Waals surface area contributed by atoms with Crippen molar-refractivity contribution in [2.24, 2.45) is 5.92 Å². The molecule has 0 bridgehead atoms. The number of unbranched alkanes of at least 4 members (excludes halogenated alkanes) is 9. The summed E-state index contributed by atoms with van der Waals surface area (Å²) in [5, 5.41) is 0. The molecule has 1 nitrogen and oxygen atoms in total. The molecule has 0 aromatic carbocycles. The van der Waals surface area contributed by atoms with Gasteiger partial charge in [-0.2, -0.15) is 0 Å². The Kier molecular flexibility index (Phi) is 11.3. The Bertz CT molecular complexity index is 224. The van der Waals surface area contributed by atoms with E-state index < -0.39 is 0 Å². The minimum absolute atomic E-state index is 0.631. The summed E-state index contributed by atoms with van der Waals surface area (Å²) >= 11 is 0. The molecule has 0 aliphatic carbocycles. The van der Waals surface area contributed by atoms with Gasteiger partial charge in [-0.1, -0.05) is 97.8 Å². The lowest BCUT2D eigenvalue weighted by atomic mass is 10.0. The van der Waals surface area contributed by atoms with Gasteiger partial charge in [0, 0.05) is 0 Å². The molecule has 0 aromatic heterocycles. The second-order valence-electron chi connectivity index (χ2n) is 7.51. The SMILES string of the molecule is CCCCCCCCCCC[C@@H]1O[C@@H]1CCCCC(C)C. The van der Waals surface area contributed by atoms with Crippen molar-refractivity contribution in [1.29, 1.82) is 0 Å². The van der Waals surface area contributed by atoms with Gasteiger partial charge in [0.2, 0.25) is 0 Å². The van der Waals surface area contributed by atoms with Crippen molar-refractivity contribution in [2.75, 3.05) is 0 Å². The molecule has 0 spiro atoms. The summed E-state index contributed by atoms with van der Waals surface area (Å²) in [6, 6.07) is 0. The largest absolute Gasteiger partial charge is 0.370 e. The van der Waals surface area contributed by atoms with Crippen LogP contribution in [-0.2, 0) is 4.74 Å². The fraction of sp³-hybridized carbons (Fsp3) is 1.00. The normalized spacial score (nSPS) is 21.1. The fourth-order valence-corrected chi connectivity index (χ4v) is 3.24. The summed E-state index contributed by atoms with van der Waals surface area (Å²) < 4.78 is 5.80. The van der Waals surface area contributed by atoms with Crippen molar-refractivity contribution in [2.45, 2.75) is 123 Å². The van der Waals surface area contributed by atoms with Gasteiger partial charge in [-0.05, 0) is 18.8 Å². The summed E-state index contributed by atoms with van der Waals surface area (Å²) in [4.78, 5) is 0. The van der Waals surface area contributed by atoms with Crippen molar-refractivity contribution >= 4 is 0 Å².